The number of pyridine rings is 1. The van der Waals surface area contributed by atoms with Crippen LogP contribution in [0.1, 0.15) is 18.4 Å². The molecule has 0 atom stereocenters. The summed E-state index contributed by atoms with van der Waals surface area (Å²) in [6.07, 6.45) is 3.59. The normalized spacial score (nSPS) is 18.6. The fourth-order valence-corrected chi connectivity index (χ4v) is 2.33. The van der Waals surface area contributed by atoms with Gasteiger partial charge in [0, 0.05) is 35.8 Å². The van der Waals surface area contributed by atoms with Gasteiger partial charge in [-0.2, -0.15) is 0 Å². The Hall–Kier alpha value is -0.650. The van der Waals surface area contributed by atoms with Crippen molar-refractivity contribution >= 4 is 21.7 Å². The zero-order chi connectivity index (χ0) is 13.0. The van der Waals surface area contributed by atoms with Crippen LogP contribution in [0.2, 0.25) is 0 Å². The molecular formula is C13H19BrN2O2. The second-order valence-corrected chi connectivity index (χ2v) is 5.80. The Labute approximate surface area is 116 Å². The van der Waals surface area contributed by atoms with Gasteiger partial charge in [-0.05, 0) is 47.3 Å². The summed E-state index contributed by atoms with van der Waals surface area (Å²) in [7, 11) is 0. The lowest BCUT2D eigenvalue weighted by atomic mass is 9.81. The topological polar surface area (TPSA) is 54.4 Å². The number of aryl methyl sites for hydroxylation is 1. The van der Waals surface area contributed by atoms with Crippen LogP contribution in [0.4, 0.5) is 5.82 Å². The first kappa shape index (κ1) is 13.8. The van der Waals surface area contributed by atoms with Crippen molar-refractivity contribution in [3.8, 4) is 0 Å². The van der Waals surface area contributed by atoms with Crippen molar-refractivity contribution in [2.75, 3.05) is 31.7 Å². The quantitative estimate of drug-likeness (QED) is 0.895. The van der Waals surface area contributed by atoms with Crippen LogP contribution in [0.5, 0.6) is 0 Å². The number of nitrogens with one attached hydrogen (secondary N) is 1. The van der Waals surface area contributed by atoms with E-state index in [9.17, 15) is 5.11 Å². The van der Waals surface area contributed by atoms with Gasteiger partial charge in [-0.3, -0.25) is 0 Å². The number of hydrogen-bond acceptors (Lipinski definition) is 4. The zero-order valence-electron chi connectivity index (χ0n) is 10.6. The molecule has 1 fully saturated rings. The van der Waals surface area contributed by atoms with Crippen LogP contribution in [0.25, 0.3) is 0 Å². The Bertz CT molecular complexity index is 406. The molecule has 1 saturated heterocycles. The predicted octanol–water partition coefficient (Wildman–Crippen LogP) is 2.35. The third-order valence-corrected chi connectivity index (χ3v) is 4.41. The Balaban J connectivity index is 1.98. The van der Waals surface area contributed by atoms with Crippen LogP contribution in [-0.4, -0.2) is 36.5 Å². The highest BCUT2D eigenvalue weighted by Crippen LogP contribution is 2.30. The number of aliphatic hydroxyl groups excluding tert-OH is 1. The predicted molar refractivity (Wildman–Crippen MR) is 74.7 cm³/mol. The van der Waals surface area contributed by atoms with Gasteiger partial charge in [-0.15, -0.1) is 0 Å². The molecule has 1 aromatic heterocycles. The maximum Gasteiger partial charge on any atom is 0.126 e. The van der Waals surface area contributed by atoms with Crippen LogP contribution >= 0.6 is 15.9 Å². The van der Waals surface area contributed by atoms with Crippen molar-refractivity contribution in [2.45, 2.75) is 19.8 Å². The molecule has 0 bridgehead atoms. The molecule has 0 amide bonds. The van der Waals surface area contributed by atoms with Crippen molar-refractivity contribution < 1.29 is 9.84 Å². The van der Waals surface area contributed by atoms with Gasteiger partial charge in [0.05, 0.1) is 6.61 Å². The first-order valence-corrected chi connectivity index (χ1v) is 6.99. The highest BCUT2D eigenvalue weighted by molar-refractivity contribution is 9.10. The van der Waals surface area contributed by atoms with E-state index < -0.39 is 0 Å². The molecule has 0 aromatic carbocycles. The molecule has 2 heterocycles. The molecule has 2 rings (SSSR count). The minimum atomic E-state index is -0.0685. The van der Waals surface area contributed by atoms with Crippen LogP contribution in [0.15, 0.2) is 16.7 Å². The van der Waals surface area contributed by atoms with Crippen molar-refractivity contribution in [3.63, 3.8) is 0 Å². The van der Waals surface area contributed by atoms with Crippen LogP contribution in [0, 0.1) is 12.3 Å². The Morgan fingerprint density at radius 3 is 2.83 bits per heavy atom. The molecule has 0 aliphatic carbocycles. The van der Waals surface area contributed by atoms with Crippen LogP contribution in [0.3, 0.4) is 0 Å². The molecule has 1 aliphatic heterocycles. The van der Waals surface area contributed by atoms with E-state index in [4.69, 9.17) is 4.74 Å². The fraction of sp³-hybridized carbons (Fsp3) is 0.615. The maximum absolute atomic E-state index is 9.59. The Morgan fingerprint density at radius 2 is 2.22 bits per heavy atom. The van der Waals surface area contributed by atoms with Crippen molar-refractivity contribution in [2.24, 2.45) is 5.41 Å². The zero-order valence-corrected chi connectivity index (χ0v) is 12.2. The number of hydrogen-bond donors (Lipinski definition) is 2. The number of halogens is 1. The minimum Gasteiger partial charge on any atom is -0.396 e. The summed E-state index contributed by atoms with van der Waals surface area (Å²) in [4.78, 5) is 4.32. The lowest BCUT2D eigenvalue weighted by Crippen LogP contribution is -2.39. The molecule has 1 aliphatic rings. The molecule has 0 saturated carbocycles. The van der Waals surface area contributed by atoms with E-state index in [2.05, 4.69) is 26.2 Å². The molecule has 5 heteroatoms. The van der Waals surface area contributed by atoms with Crippen LogP contribution in [-0.2, 0) is 4.74 Å². The number of aromatic nitrogens is 1. The first-order valence-electron chi connectivity index (χ1n) is 6.20. The summed E-state index contributed by atoms with van der Waals surface area (Å²) >= 11 is 3.43. The number of nitrogens with zero attached hydrogens (tertiary/aromatic N) is 1. The number of ether oxygens (including phenoxy) is 1. The Kier molecular flexibility index (Phi) is 4.59. The smallest absolute Gasteiger partial charge is 0.126 e. The molecule has 0 radical (unpaired) electrons. The molecule has 100 valence electrons. The molecule has 1 aromatic rings. The highest BCUT2D eigenvalue weighted by Gasteiger charge is 2.31. The van der Waals surface area contributed by atoms with Gasteiger partial charge in [0.2, 0.25) is 0 Å². The van der Waals surface area contributed by atoms with Crippen molar-refractivity contribution in [3.05, 3.63) is 22.3 Å². The third kappa shape index (κ3) is 3.22. The summed E-state index contributed by atoms with van der Waals surface area (Å²) in [6, 6.07) is 2.01. The van der Waals surface area contributed by atoms with E-state index in [1.807, 2.05) is 13.0 Å². The van der Waals surface area contributed by atoms with E-state index in [0.29, 0.717) is 0 Å². The standard InChI is InChI=1S/C13H19BrN2O2/c1-10-6-12(15-7-11(10)14)16-8-13(9-17)2-4-18-5-3-13/h6-7,17H,2-5,8-9H2,1H3,(H,15,16). The average Bonchev–Trinajstić information content (AvgIpc) is 2.41. The molecule has 18 heavy (non-hydrogen) atoms. The monoisotopic (exact) mass is 314 g/mol. The Morgan fingerprint density at radius 1 is 1.50 bits per heavy atom. The summed E-state index contributed by atoms with van der Waals surface area (Å²) in [5.41, 5.74) is 1.08. The van der Waals surface area contributed by atoms with Gasteiger partial charge >= 0.3 is 0 Å². The molecule has 0 spiro atoms. The van der Waals surface area contributed by atoms with Crippen LogP contribution < -0.4 is 5.32 Å². The number of rotatable bonds is 4. The second kappa shape index (κ2) is 5.99. The van der Waals surface area contributed by atoms with Gasteiger partial charge < -0.3 is 15.2 Å². The molecular weight excluding hydrogens is 296 g/mol. The SMILES string of the molecule is Cc1cc(NCC2(CO)CCOCC2)ncc1Br. The lowest BCUT2D eigenvalue weighted by molar-refractivity contribution is -0.00861. The van der Waals surface area contributed by atoms with Gasteiger partial charge in [0.1, 0.15) is 5.82 Å². The van der Waals surface area contributed by atoms with Gasteiger partial charge in [0.25, 0.3) is 0 Å². The van der Waals surface area contributed by atoms with E-state index in [1.165, 1.54) is 0 Å². The lowest BCUT2D eigenvalue weighted by Gasteiger charge is -2.35. The van der Waals surface area contributed by atoms with Gasteiger partial charge in [0.15, 0.2) is 0 Å². The summed E-state index contributed by atoms with van der Waals surface area (Å²) in [5.74, 6) is 0.856. The summed E-state index contributed by atoms with van der Waals surface area (Å²) < 4.78 is 6.36. The largest absolute Gasteiger partial charge is 0.396 e. The molecule has 4 nitrogen and oxygen atoms in total. The maximum atomic E-state index is 9.59. The average molecular weight is 315 g/mol. The van der Waals surface area contributed by atoms with E-state index in [0.717, 1.165) is 48.5 Å². The van der Waals surface area contributed by atoms with E-state index in [-0.39, 0.29) is 12.0 Å². The summed E-state index contributed by atoms with van der Waals surface area (Å²) in [6.45, 7) is 4.43. The molecule has 0 unspecified atom stereocenters. The fourth-order valence-electron chi connectivity index (χ4n) is 2.11. The number of aliphatic hydroxyl groups is 1. The summed E-state index contributed by atoms with van der Waals surface area (Å²) in [5, 5.41) is 12.9. The third-order valence-electron chi connectivity index (χ3n) is 3.58. The van der Waals surface area contributed by atoms with E-state index in [1.54, 1.807) is 6.20 Å². The van der Waals surface area contributed by atoms with Gasteiger partial charge in [-0.25, -0.2) is 4.98 Å². The van der Waals surface area contributed by atoms with Crippen molar-refractivity contribution in [1.29, 1.82) is 0 Å². The van der Waals surface area contributed by atoms with Crippen molar-refractivity contribution in [1.82, 2.24) is 4.98 Å². The molecule has 2 N–H and O–H groups in total. The second-order valence-electron chi connectivity index (χ2n) is 4.94. The first-order chi connectivity index (χ1) is 8.65. The highest BCUT2D eigenvalue weighted by atomic mass is 79.9. The number of anilines is 1. The van der Waals surface area contributed by atoms with Gasteiger partial charge in [-0.1, -0.05) is 0 Å². The minimum absolute atomic E-state index is 0.0685. The van der Waals surface area contributed by atoms with E-state index >= 15 is 0 Å².